The second kappa shape index (κ2) is 8.64. The first kappa shape index (κ1) is 21.8. The number of hydrogen-bond acceptors (Lipinski definition) is 3. The lowest BCUT2D eigenvalue weighted by Crippen LogP contribution is -2.35. The highest BCUT2D eigenvalue weighted by Gasteiger charge is 2.22. The highest BCUT2D eigenvalue weighted by atomic mass is 32.1. The van der Waals surface area contributed by atoms with Crippen molar-refractivity contribution in [2.75, 3.05) is 6.61 Å². The molecule has 1 aliphatic rings. The Morgan fingerprint density at radius 3 is 2.58 bits per heavy atom. The topological polar surface area (TPSA) is 26.0 Å². The number of benzene rings is 5. The van der Waals surface area contributed by atoms with Gasteiger partial charge in [0.15, 0.2) is 11.9 Å². The summed E-state index contributed by atoms with van der Waals surface area (Å²) in [6.07, 6.45) is 4.39. The fraction of sp³-hybridized carbons (Fsp3) is 0.118. The maximum Gasteiger partial charge on any atom is 0.255 e. The molecule has 3 heterocycles. The van der Waals surface area contributed by atoms with E-state index in [4.69, 9.17) is 9.72 Å². The standard InChI is InChI=1S/C34H25N2OS/c1-2-9-25-22(8-1)20-24-21-23(34-35-29-11-3-4-12-31(29)38-34)13-14-26(24)32(25)27-15-16-30-33-28(27)10-7-18-36(33)17-5-6-19-37-30/h1-4,7-16,18,20-21H,5-6,17,19H2/q+1. The quantitative estimate of drug-likeness (QED) is 0.172. The largest absolute Gasteiger partial charge is 0.487 e. The number of ether oxygens (including phenoxy) is 1. The van der Waals surface area contributed by atoms with E-state index in [0.717, 1.165) is 47.8 Å². The molecule has 0 N–H and O–H groups in total. The molecule has 0 saturated carbocycles. The Kier molecular flexibility index (Phi) is 4.95. The normalized spacial score (nSPS) is 13.6. The minimum atomic E-state index is 0.773. The lowest BCUT2D eigenvalue weighted by molar-refractivity contribution is -0.672. The molecule has 4 heteroatoms. The molecule has 0 amide bonds. The molecule has 0 spiro atoms. The van der Waals surface area contributed by atoms with E-state index in [-0.39, 0.29) is 0 Å². The van der Waals surface area contributed by atoms with Crippen LogP contribution in [-0.2, 0) is 6.54 Å². The summed E-state index contributed by atoms with van der Waals surface area (Å²) < 4.78 is 9.82. The van der Waals surface area contributed by atoms with Crippen molar-refractivity contribution in [2.45, 2.75) is 19.4 Å². The van der Waals surface area contributed by atoms with Gasteiger partial charge in [-0.25, -0.2) is 4.98 Å². The van der Waals surface area contributed by atoms with Crippen LogP contribution < -0.4 is 9.30 Å². The molecule has 2 aromatic heterocycles. The van der Waals surface area contributed by atoms with Gasteiger partial charge in [-0.05, 0) is 81.6 Å². The van der Waals surface area contributed by atoms with Crippen LogP contribution in [0.1, 0.15) is 12.8 Å². The number of rotatable bonds is 2. The summed E-state index contributed by atoms with van der Waals surface area (Å²) >= 11 is 1.75. The van der Waals surface area contributed by atoms with Gasteiger partial charge in [-0.15, -0.1) is 11.3 Å². The van der Waals surface area contributed by atoms with Gasteiger partial charge in [-0.2, -0.15) is 4.57 Å². The van der Waals surface area contributed by atoms with Crippen molar-refractivity contribution in [3.8, 4) is 27.4 Å². The summed E-state index contributed by atoms with van der Waals surface area (Å²) in [6.45, 7) is 1.79. The third kappa shape index (κ3) is 3.41. The van der Waals surface area contributed by atoms with Gasteiger partial charge in [-0.3, -0.25) is 0 Å². The van der Waals surface area contributed by atoms with Crippen LogP contribution in [0, 0.1) is 0 Å². The maximum absolute atomic E-state index is 6.23. The van der Waals surface area contributed by atoms with Gasteiger partial charge in [0.05, 0.1) is 22.2 Å². The Balaban J connectivity index is 1.41. The first-order valence-corrected chi connectivity index (χ1v) is 14.0. The van der Waals surface area contributed by atoms with Crippen molar-refractivity contribution in [1.82, 2.24) is 4.98 Å². The molecule has 3 nitrogen and oxygen atoms in total. The number of aryl methyl sites for hydroxylation is 1. The van der Waals surface area contributed by atoms with Crippen LogP contribution in [0.25, 0.3) is 64.4 Å². The Bertz CT molecular complexity index is 1980. The number of pyridine rings is 1. The molecule has 0 aliphatic carbocycles. The highest BCUT2D eigenvalue weighted by molar-refractivity contribution is 7.21. The van der Waals surface area contributed by atoms with Crippen molar-refractivity contribution in [3.05, 3.63) is 103 Å². The molecular formula is C34H25N2OS+. The van der Waals surface area contributed by atoms with Gasteiger partial charge < -0.3 is 4.74 Å². The van der Waals surface area contributed by atoms with Crippen LogP contribution in [0.3, 0.4) is 0 Å². The molecule has 0 unspecified atom stereocenters. The maximum atomic E-state index is 6.23. The SMILES string of the molecule is c1ccc2c(-c3ccc4c5c3ccc[n+]5CCCCO4)c3ccc(-c4nc5ccccc5s4)cc3cc2c1. The molecule has 182 valence electrons. The smallest absolute Gasteiger partial charge is 0.255 e. The van der Waals surface area contributed by atoms with E-state index in [1.165, 1.54) is 48.3 Å². The zero-order valence-electron chi connectivity index (χ0n) is 20.9. The third-order valence-electron chi connectivity index (χ3n) is 7.72. The number of hydrogen-bond donors (Lipinski definition) is 0. The minimum absolute atomic E-state index is 0.773. The zero-order chi connectivity index (χ0) is 25.1. The molecule has 7 aromatic rings. The third-order valence-corrected chi connectivity index (χ3v) is 8.80. The van der Waals surface area contributed by atoms with E-state index in [1.807, 2.05) is 0 Å². The Labute approximate surface area is 224 Å². The van der Waals surface area contributed by atoms with Crippen molar-refractivity contribution in [1.29, 1.82) is 0 Å². The summed E-state index contributed by atoms with van der Waals surface area (Å²) in [5.74, 6) is 0.978. The number of fused-ring (bicyclic) bond motifs is 3. The molecule has 0 saturated heterocycles. The van der Waals surface area contributed by atoms with Gasteiger partial charge in [0, 0.05) is 18.1 Å². The molecule has 0 fully saturated rings. The van der Waals surface area contributed by atoms with E-state index >= 15 is 0 Å². The molecule has 38 heavy (non-hydrogen) atoms. The number of nitrogens with zero attached hydrogens (tertiary/aromatic N) is 2. The van der Waals surface area contributed by atoms with Gasteiger partial charge in [-0.1, -0.05) is 48.5 Å². The Morgan fingerprint density at radius 2 is 1.61 bits per heavy atom. The number of para-hydroxylation sites is 1. The van der Waals surface area contributed by atoms with Crippen molar-refractivity contribution in [2.24, 2.45) is 0 Å². The van der Waals surface area contributed by atoms with Crippen LogP contribution in [0.4, 0.5) is 0 Å². The van der Waals surface area contributed by atoms with Gasteiger partial charge in [0.1, 0.15) is 11.6 Å². The fourth-order valence-corrected chi connectivity index (χ4v) is 6.91. The second-order valence-electron chi connectivity index (χ2n) is 10.0. The monoisotopic (exact) mass is 509 g/mol. The van der Waals surface area contributed by atoms with E-state index < -0.39 is 0 Å². The van der Waals surface area contributed by atoms with E-state index in [9.17, 15) is 0 Å². The van der Waals surface area contributed by atoms with E-state index in [2.05, 4.69) is 108 Å². The van der Waals surface area contributed by atoms with Crippen LogP contribution >= 0.6 is 11.3 Å². The van der Waals surface area contributed by atoms with Crippen LogP contribution in [0.15, 0.2) is 103 Å². The van der Waals surface area contributed by atoms with Gasteiger partial charge in [0.2, 0.25) is 0 Å². The van der Waals surface area contributed by atoms with E-state index in [1.54, 1.807) is 11.3 Å². The molecule has 0 atom stereocenters. The van der Waals surface area contributed by atoms with Crippen LogP contribution in [0.5, 0.6) is 5.75 Å². The van der Waals surface area contributed by atoms with Gasteiger partial charge >= 0.3 is 0 Å². The zero-order valence-corrected chi connectivity index (χ0v) is 21.7. The first-order valence-electron chi connectivity index (χ1n) is 13.2. The molecular weight excluding hydrogens is 484 g/mol. The van der Waals surface area contributed by atoms with Gasteiger partial charge in [0.25, 0.3) is 5.52 Å². The fourth-order valence-electron chi connectivity index (χ4n) is 5.95. The predicted molar refractivity (Wildman–Crippen MR) is 158 cm³/mol. The average Bonchev–Trinajstić information content (AvgIpc) is 3.39. The van der Waals surface area contributed by atoms with Crippen LogP contribution in [0.2, 0.25) is 0 Å². The molecule has 5 aromatic carbocycles. The predicted octanol–water partition coefficient (Wildman–Crippen LogP) is 8.55. The lowest BCUT2D eigenvalue weighted by Gasteiger charge is -2.17. The summed E-state index contributed by atoms with van der Waals surface area (Å²) in [6, 6.07) is 35.1. The molecule has 8 rings (SSSR count). The minimum Gasteiger partial charge on any atom is -0.487 e. The number of aromatic nitrogens is 2. The second-order valence-corrected chi connectivity index (χ2v) is 11.1. The average molecular weight is 510 g/mol. The first-order chi connectivity index (χ1) is 18.8. The van der Waals surface area contributed by atoms with Crippen molar-refractivity contribution in [3.63, 3.8) is 0 Å². The summed E-state index contributed by atoms with van der Waals surface area (Å²) in [4.78, 5) is 4.93. The Morgan fingerprint density at radius 1 is 0.737 bits per heavy atom. The molecule has 0 bridgehead atoms. The van der Waals surface area contributed by atoms with Crippen molar-refractivity contribution < 1.29 is 9.30 Å². The summed E-state index contributed by atoms with van der Waals surface area (Å²) in [5, 5.41) is 7.30. The highest BCUT2D eigenvalue weighted by Crippen LogP contribution is 2.42. The molecule has 1 aliphatic heterocycles. The van der Waals surface area contributed by atoms with Crippen LogP contribution in [-0.4, -0.2) is 11.6 Å². The molecule has 0 radical (unpaired) electrons. The summed E-state index contributed by atoms with van der Waals surface area (Å²) in [7, 11) is 0. The Hall–Kier alpha value is -4.28. The lowest BCUT2D eigenvalue weighted by atomic mass is 9.89. The number of thiazole rings is 1. The van der Waals surface area contributed by atoms with Crippen molar-refractivity contribution >= 4 is 54.0 Å². The van der Waals surface area contributed by atoms with E-state index in [0.29, 0.717) is 0 Å². The summed E-state index contributed by atoms with van der Waals surface area (Å²) in [5.41, 5.74) is 5.93.